The number of nitrogens with zero attached hydrogens (tertiary/aromatic N) is 1. The molecular weight excluding hydrogens is 406 g/mol. The molecule has 0 aliphatic carbocycles. The summed E-state index contributed by atoms with van der Waals surface area (Å²) in [5.74, 6) is -1.01. The molecule has 0 radical (unpaired) electrons. The Labute approximate surface area is 179 Å². The number of carbonyl (C=O) groups excluding carboxylic acids is 2. The minimum Gasteiger partial charge on any atom is -0.507 e. The lowest BCUT2D eigenvalue weighted by Gasteiger charge is -2.28. The number of hydrogen-bond acceptors (Lipinski definition) is 5. The molecule has 2 fully saturated rings. The third-order valence-corrected chi connectivity index (χ3v) is 5.87. The Balaban J connectivity index is 1.82. The van der Waals surface area contributed by atoms with Gasteiger partial charge in [0.1, 0.15) is 11.5 Å². The van der Waals surface area contributed by atoms with E-state index in [0.717, 1.165) is 12.8 Å². The Bertz CT molecular complexity index is 995. The van der Waals surface area contributed by atoms with Gasteiger partial charge in [-0.1, -0.05) is 29.8 Å². The average Bonchev–Trinajstić information content (AvgIpc) is 3.36. The fourth-order valence-electron chi connectivity index (χ4n) is 4.00. The van der Waals surface area contributed by atoms with E-state index in [4.69, 9.17) is 21.1 Å². The molecule has 2 atom stereocenters. The van der Waals surface area contributed by atoms with Gasteiger partial charge < -0.3 is 19.5 Å². The van der Waals surface area contributed by atoms with Crippen LogP contribution in [-0.4, -0.2) is 48.1 Å². The lowest BCUT2D eigenvalue weighted by molar-refractivity contribution is -0.140. The number of halogens is 1. The van der Waals surface area contributed by atoms with Crippen molar-refractivity contribution in [1.29, 1.82) is 0 Å². The van der Waals surface area contributed by atoms with E-state index in [1.807, 2.05) is 0 Å². The minimum absolute atomic E-state index is 0.0243. The van der Waals surface area contributed by atoms with E-state index in [1.54, 1.807) is 55.6 Å². The average molecular weight is 428 g/mol. The molecule has 2 saturated heterocycles. The summed E-state index contributed by atoms with van der Waals surface area (Å²) in [6.45, 7) is 0.900. The Kier molecular flexibility index (Phi) is 5.79. The second-order valence-corrected chi connectivity index (χ2v) is 7.74. The monoisotopic (exact) mass is 427 g/mol. The van der Waals surface area contributed by atoms with E-state index < -0.39 is 17.7 Å². The van der Waals surface area contributed by atoms with Gasteiger partial charge in [-0.3, -0.25) is 9.59 Å². The Morgan fingerprint density at radius 1 is 1.20 bits per heavy atom. The van der Waals surface area contributed by atoms with Gasteiger partial charge in [-0.2, -0.15) is 0 Å². The van der Waals surface area contributed by atoms with Crippen molar-refractivity contribution in [2.24, 2.45) is 0 Å². The van der Waals surface area contributed by atoms with Crippen LogP contribution in [-0.2, 0) is 14.3 Å². The molecule has 4 rings (SSSR count). The molecule has 0 spiro atoms. The van der Waals surface area contributed by atoms with E-state index in [2.05, 4.69) is 0 Å². The number of amides is 1. The number of methoxy groups -OCH3 is 1. The van der Waals surface area contributed by atoms with Gasteiger partial charge in [-0.15, -0.1) is 0 Å². The Morgan fingerprint density at radius 2 is 1.93 bits per heavy atom. The van der Waals surface area contributed by atoms with E-state index in [-0.39, 0.29) is 24.0 Å². The topological polar surface area (TPSA) is 76.1 Å². The third-order valence-electron chi connectivity index (χ3n) is 5.53. The number of Topliss-reactive ketones (excluding diaryl/α,β-unsaturated/α-hetero) is 1. The van der Waals surface area contributed by atoms with Crippen LogP contribution in [0.5, 0.6) is 5.75 Å². The second-order valence-electron chi connectivity index (χ2n) is 7.34. The van der Waals surface area contributed by atoms with Gasteiger partial charge in [0, 0.05) is 23.7 Å². The SMILES string of the molecule is COc1ccc(/C(O)=C2/C(=O)C(=O)N(CC3CCCO3)C2c2ccccc2Cl)cc1. The molecule has 1 amide bonds. The highest BCUT2D eigenvalue weighted by atomic mass is 35.5. The fraction of sp³-hybridized carbons (Fsp3) is 0.304. The summed E-state index contributed by atoms with van der Waals surface area (Å²) >= 11 is 6.44. The van der Waals surface area contributed by atoms with Crippen molar-refractivity contribution in [3.63, 3.8) is 0 Å². The predicted molar refractivity (Wildman–Crippen MR) is 112 cm³/mol. The molecular formula is C23H22ClNO5. The fourth-order valence-corrected chi connectivity index (χ4v) is 4.24. The van der Waals surface area contributed by atoms with Crippen LogP contribution in [0.1, 0.15) is 30.0 Å². The normalized spacial score (nSPS) is 23.2. The van der Waals surface area contributed by atoms with E-state index in [0.29, 0.717) is 28.5 Å². The molecule has 0 aromatic heterocycles. The molecule has 2 aromatic rings. The maximum atomic E-state index is 13.0. The minimum atomic E-state index is -0.787. The van der Waals surface area contributed by atoms with Gasteiger partial charge in [0.2, 0.25) is 0 Å². The molecule has 30 heavy (non-hydrogen) atoms. The maximum Gasteiger partial charge on any atom is 0.295 e. The third kappa shape index (κ3) is 3.68. The number of aliphatic hydroxyl groups excluding tert-OH is 1. The van der Waals surface area contributed by atoms with Crippen LogP contribution >= 0.6 is 11.6 Å². The second kappa shape index (κ2) is 8.50. The van der Waals surface area contributed by atoms with Gasteiger partial charge in [-0.25, -0.2) is 0 Å². The first kappa shape index (κ1) is 20.4. The number of ether oxygens (including phenoxy) is 2. The number of benzene rings is 2. The first-order valence-electron chi connectivity index (χ1n) is 9.80. The molecule has 2 aliphatic heterocycles. The van der Waals surface area contributed by atoms with Crippen LogP contribution < -0.4 is 4.74 Å². The molecule has 0 saturated carbocycles. The van der Waals surface area contributed by atoms with Crippen molar-refractivity contribution >= 4 is 29.1 Å². The van der Waals surface area contributed by atoms with Gasteiger partial charge in [0.05, 0.1) is 24.8 Å². The standard InChI is InChI=1S/C23H22ClNO5/c1-29-15-10-8-14(9-11-15)21(26)19-20(17-6-2-3-7-18(17)24)25(23(28)22(19)27)13-16-5-4-12-30-16/h2-3,6-11,16,20,26H,4-5,12-13H2,1H3/b21-19-. The van der Waals surface area contributed by atoms with Gasteiger partial charge in [0.25, 0.3) is 11.7 Å². The molecule has 0 bridgehead atoms. The first-order valence-corrected chi connectivity index (χ1v) is 10.2. The van der Waals surface area contributed by atoms with Crippen molar-refractivity contribution in [2.45, 2.75) is 25.0 Å². The predicted octanol–water partition coefficient (Wildman–Crippen LogP) is 3.95. The number of likely N-dealkylation sites (tertiary alicyclic amines) is 1. The Morgan fingerprint density at radius 3 is 2.57 bits per heavy atom. The van der Waals surface area contributed by atoms with Crippen molar-refractivity contribution < 1.29 is 24.2 Å². The summed E-state index contributed by atoms with van der Waals surface area (Å²) in [4.78, 5) is 27.4. The number of carbonyl (C=O) groups is 2. The zero-order chi connectivity index (χ0) is 21.3. The Hall–Kier alpha value is -2.83. The summed E-state index contributed by atoms with van der Waals surface area (Å²) in [5, 5.41) is 11.5. The lowest BCUT2D eigenvalue weighted by Crippen LogP contribution is -2.36. The highest BCUT2D eigenvalue weighted by Crippen LogP contribution is 2.42. The quantitative estimate of drug-likeness (QED) is 0.444. The van der Waals surface area contributed by atoms with Crippen LogP contribution in [0, 0.1) is 0 Å². The number of ketones is 1. The van der Waals surface area contributed by atoms with Crippen LogP contribution in [0.4, 0.5) is 0 Å². The highest BCUT2D eigenvalue weighted by molar-refractivity contribution is 6.47. The maximum absolute atomic E-state index is 13.0. The zero-order valence-electron chi connectivity index (χ0n) is 16.5. The van der Waals surface area contributed by atoms with Gasteiger partial charge in [-0.05, 0) is 48.7 Å². The van der Waals surface area contributed by atoms with Crippen molar-refractivity contribution in [1.82, 2.24) is 4.90 Å². The van der Waals surface area contributed by atoms with Crippen molar-refractivity contribution in [3.05, 3.63) is 70.3 Å². The molecule has 2 aromatic carbocycles. The summed E-state index contributed by atoms with van der Waals surface area (Å²) in [6, 6.07) is 12.9. The van der Waals surface area contributed by atoms with E-state index >= 15 is 0 Å². The molecule has 2 unspecified atom stereocenters. The smallest absolute Gasteiger partial charge is 0.295 e. The van der Waals surface area contributed by atoms with Crippen molar-refractivity contribution in [2.75, 3.05) is 20.3 Å². The molecule has 2 aliphatic rings. The van der Waals surface area contributed by atoms with Crippen LogP contribution in [0.15, 0.2) is 54.1 Å². The van der Waals surface area contributed by atoms with E-state index in [1.165, 1.54) is 4.90 Å². The number of rotatable bonds is 5. The summed E-state index contributed by atoms with van der Waals surface area (Å²) < 4.78 is 10.8. The summed E-state index contributed by atoms with van der Waals surface area (Å²) in [7, 11) is 1.54. The van der Waals surface area contributed by atoms with Crippen LogP contribution in [0.2, 0.25) is 5.02 Å². The lowest BCUT2D eigenvalue weighted by atomic mass is 9.95. The molecule has 1 N–H and O–H groups in total. The van der Waals surface area contributed by atoms with Crippen molar-refractivity contribution in [3.8, 4) is 5.75 Å². The molecule has 156 valence electrons. The van der Waals surface area contributed by atoms with E-state index in [9.17, 15) is 14.7 Å². The number of hydrogen-bond donors (Lipinski definition) is 1. The molecule has 7 heteroatoms. The molecule has 6 nitrogen and oxygen atoms in total. The van der Waals surface area contributed by atoms with Gasteiger partial charge in [0.15, 0.2) is 0 Å². The largest absolute Gasteiger partial charge is 0.507 e. The zero-order valence-corrected chi connectivity index (χ0v) is 17.3. The summed E-state index contributed by atoms with van der Waals surface area (Å²) in [5.41, 5.74) is 1.03. The molecule has 2 heterocycles. The highest BCUT2D eigenvalue weighted by Gasteiger charge is 2.47. The number of aliphatic hydroxyl groups is 1. The van der Waals surface area contributed by atoms with Gasteiger partial charge >= 0.3 is 0 Å². The summed E-state index contributed by atoms with van der Waals surface area (Å²) in [6.07, 6.45) is 1.59. The van der Waals surface area contributed by atoms with Crippen LogP contribution in [0.3, 0.4) is 0 Å². The first-order chi connectivity index (χ1) is 14.5. The van der Waals surface area contributed by atoms with Crippen LogP contribution in [0.25, 0.3) is 5.76 Å².